The van der Waals surface area contributed by atoms with Crippen LogP contribution in [0.25, 0.3) is 0 Å². The molecule has 0 aliphatic rings. The summed E-state index contributed by atoms with van der Waals surface area (Å²) in [5.74, 6) is 0. The second-order valence-electron chi connectivity index (χ2n) is 3.66. The monoisotopic (exact) mass is 180 g/mol. The van der Waals surface area contributed by atoms with Gasteiger partial charge in [0.05, 0.1) is 6.33 Å². The highest BCUT2D eigenvalue weighted by Crippen LogP contribution is 2.07. The second kappa shape index (κ2) is 5.79. The molecule has 1 aromatic rings. The number of nitrogens with zero attached hydrogens (tertiary/aromatic N) is 2. The van der Waals surface area contributed by atoms with E-state index >= 15 is 0 Å². The lowest BCUT2D eigenvalue weighted by molar-refractivity contribution is 0.620. The Morgan fingerprint density at radius 3 is 2.62 bits per heavy atom. The van der Waals surface area contributed by atoms with Crippen molar-refractivity contribution in [2.75, 3.05) is 0 Å². The maximum atomic E-state index is 4.10. The highest BCUT2D eigenvalue weighted by atomic mass is 15.0. The van der Waals surface area contributed by atoms with Gasteiger partial charge in [-0.3, -0.25) is 0 Å². The molecule has 13 heavy (non-hydrogen) atoms. The summed E-state index contributed by atoms with van der Waals surface area (Å²) in [5, 5.41) is 0. The molecule has 0 fully saturated rings. The third kappa shape index (κ3) is 3.62. The van der Waals surface area contributed by atoms with Crippen LogP contribution < -0.4 is 0 Å². The highest BCUT2D eigenvalue weighted by Gasteiger charge is 1.97. The number of hydrogen-bond acceptors (Lipinski definition) is 1. The van der Waals surface area contributed by atoms with E-state index in [0.717, 1.165) is 0 Å². The van der Waals surface area contributed by atoms with E-state index in [-0.39, 0.29) is 0 Å². The minimum Gasteiger partial charge on any atom is -0.338 e. The first-order valence-electron chi connectivity index (χ1n) is 5.29. The first kappa shape index (κ1) is 10.3. The molecule has 0 saturated heterocycles. The van der Waals surface area contributed by atoms with Crippen molar-refractivity contribution in [3.63, 3.8) is 0 Å². The zero-order valence-electron chi connectivity index (χ0n) is 8.79. The molecule has 0 atom stereocenters. The third-order valence-electron chi connectivity index (χ3n) is 2.45. The van der Waals surface area contributed by atoms with E-state index in [1.807, 2.05) is 12.5 Å². The van der Waals surface area contributed by atoms with Crippen LogP contribution in [0.2, 0.25) is 0 Å². The Morgan fingerprint density at radius 2 is 2.00 bits per heavy atom. The van der Waals surface area contributed by atoms with Crippen molar-refractivity contribution < 1.29 is 0 Å². The summed E-state index contributed by atoms with van der Waals surface area (Å²) < 4.78 is 2.11. The Balaban J connectivity index is 2.10. The molecule has 0 amide bonds. The maximum Gasteiger partial charge on any atom is 0.0945 e. The normalized spacial score (nSPS) is 10.6. The van der Waals surface area contributed by atoms with Crippen LogP contribution in [0.15, 0.2) is 12.5 Å². The standard InChI is InChI=1S/C11H20N2/c1-3-4-5-6-7-8-11-9-12-10-13(11)2/h9-10H,3-8H2,1-2H3. The van der Waals surface area contributed by atoms with Gasteiger partial charge in [-0.25, -0.2) is 4.98 Å². The van der Waals surface area contributed by atoms with E-state index in [1.54, 1.807) is 0 Å². The second-order valence-corrected chi connectivity index (χ2v) is 3.66. The molecule has 0 saturated carbocycles. The molecule has 0 bridgehead atoms. The van der Waals surface area contributed by atoms with Gasteiger partial charge in [0.15, 0.2) is 0 Å². The predicted octanol–water partition coefficient (Wildman–Crippen LogP) is 2.93. The quantitative estimate of drug-likeness (QED) is 0.615. The molecule has 2 heteroatoms. The van der Waals surface area contributed by atoms with Gasteiger partial charge in [0.25, 0.3) is 0 Å². The first-order valence-corrected chi connectivity index (χ1v) is 5.29. The Morgan fingerprint density at radius 1 is 1.23 bits per heavy atom. The average Bonchev–Trinajstić information content (AvgIpc) is 2.52. The largest absolute Gasteiger partial charge is 0.338 e. The van der Waals surface area contributed by atoms with E-state index in [4.69, 9.17) is 0 Å². The van der Waals surface area contributed by atoms with Gasteiger partial charge in [0.1, 0.15) is 0 Å². The number of aryl methyl sites for hydroxylation is 2. The SMILES string of the molecule is CCCCCCCc1cncn1C. The lowest BCUT2D eigenvalue weighted by Crippen LogP contribution is -1.94. The number of hydrogen-bond donors (Lipinski definition) is 0. The van der Waals surface area contributed by atoms with Crippen LogP contribution in [0, 0.1) is 0 Å². The van der Waals surface area contributed by atoms with E-state index < -0.39 is 0 Å². The van der Waals surface area contributed by atoms with Gasteiger partial charge in [0, 0.05) is 18.9 Å². The molecule has 0 unspecified atom stereocenters. The fraction of sp³-hybridized carbons (Fsp3) is 0.727. The molecule has 0 aliphatic carbocycles. The topological polar surface area (TPSA) is 17.8 Å². The summed E-state index contributed by atoms with van der Waals surface area (Å²) in [4.78, 5) is 4.10. The van der Waals surface area contributed by atoms with Crippen LogP contribution in [-0.2, 0) is 13.5 Å². The fourth-order valence-corrected chi connectivity index (χ4v) is 1.54. The van der Waals surface area contributed by atoms with Gasteiger partial charge in [-0.05, 0) is 12.8 Å². The molecule has 2 nitrogen and oxygen atoms in total. The van der Waals surface area contributed by atoms with E-state index in [1.165, 1.54) is 44.2 Å². The Kier molecular flexibility index (Phi) is 4.58. The van der Waals surface area contributed by atoms with Crippen molar-refractivity contribution in [2.24, 2.45) is 7.05 Å². The van der Waals surface area contributed by atoms with Crippen molar-refractivity contribution in [1.29, 1.82) is 0 Å². The third-order valence-corrected chi connectivity index (χ3v) is 2.45. The minimum absolute atomic E-state index is 1.18. The molecule has 74 valence electrons. The van der Waals surface area contributed by atoms with Crippen LogP contribution >= 0.6 is 0 Å². The summed E-state index contributed by atoms with van der Waals surface area (Å²) in [7, 11) is 2.06. The van der Waals surface area contributed by atoms with Gasteiger partial charge in [0.2, 0.25) is 0 Å². The molecule has 0 aromatic carbocycles. The van der Waals surface area contributed by atoms with Crippen LogP contribution in [-0.4, -0.2) is 9.55 Å². The summed E-state index contributed by atoms with van der Waals surface area (Å²) >= 11 is 0. The number of aromatic nitrogens is 2. The average molecular weight is 180 g/mol. The van der Waals surface area contributed by atoms with Crippen LogP contribution in [0.4, 0.5) is 0 Å². The minimum atomic E-state index is 1.18. The van der Waals surface area contributed by atoms with Crippen molar-refractivity contribution in [3.05, 3.63) is 18.2 Å². The van der Waals surface area contributed by atoms with Gasteiger partial charge >= 0.3 is 0 Å². The summed E-state index contributed by atoms with van der Waals surface area (Å²) in [6.45, 7) is 2.25. The number of rotatable bonds is 6. The molecule has 0 radical (unpaired) electrons. The fourth-order valence-electron chi connectivity index (χ4n) is 1.54. The van der Waals surface area contributed by atoms with Gasteiger partial charge in [-0.15, -0.1) is 0 Å². The van der Waals surface area contributed by atoms with E-state index in [2.05, 4.69) is 23.5 Å². The molecule has 1 heterocycles. The summed E-state index contributed by atoms with van der Waals surface area (Å²) in [5.41, 5.74) is 1.36. The van der Waals surface area contributed by atoms with Crippen molar-refractivity contribution in [1.82, 2.24) is 9.55 Å². The molecule has 1 rings (SSSR count). The van der Waals surface area contributed by atoms with Gasteiger partial charge < -0.3 is 4.57 Å². The molecule has 0 aliphatic heterocycles. The molecule has 0 N–H and O–H groups in total. The molecule has 1 aromatic heterocycles. The molecular formula is C11H20N2. The summed E-state index contributed by atoms with van der Waals surface area (Å²) in [6, 6.07) is 0. The number of imidazole rings is 1. The zero-order valence-corrected chi connectivity index (χ0v) is 8.79. The highest BCUT2D eigenvalue weighted by molar-refractivity contribution is 4.97. The van der Waals surface area contributed by atoms with Crippen molar-refractivity contribution >= 4 is 0 Å². The lowest BCUT2D eigenvalue weighted by atomic mass is 10.1. The van der Waals surface area contributed by atoms with Crippen LogP contribution in [0.1, 0.15) is 44.7 Å². The maximum absolute atomic E-state index is 4.10. The Labute approximate surface area is 81.0 Å². The predicted molar refractivity (Wildman–Crippen MR) is 55.7 cm³/mol. The van der Waals surface area contributed by atoms with Crippen molar-refractivity contribution in [3.8, 4) is 0 Å². The number of unbranched alkanes of at least 4 members (excludes halogenated alkanes) is 4. The Hall–Kier alpha value is -0.790. The van der Waals surface area contributed by atoms with Crippen LogP contribution in [0.5, 0.6) is 0 Å². The van der Waals surface area contributed by atoms with Gasteiger partial charge in [-0.1, -0.05) is 32.6 Å². The first-order chi connectivity index (χ1) is 6.34. The van der Waals surface area contributed by atoms with E-state index in [9.17, 15) is 0 Å². The van der Waals surface area contributed by atoms with E-state index in [0.29, 0.717) is 0 Å². The smallest absolute Gasteiger partial charge is 0.0945 e. The summed E-state index contributed by atoms with van der Waals surface area (Å²) in [6.07, 6.45) is 11.8. The lowest BCUT2D eigenvalue weighted by Gasteiger charge is -2.01. The van der Waals surface area contributed by atoms with Crippen molar-refractivity contribution in [2.45, 2.75) is 45.4 Å². The molecule has 0 spiro atoms. The van der Waals surface area contributed by atoms with Gasteiger partial charge in [-0.2, -0.15) is 0 Å². The molecular weight excluding hydrogens is 160 g/mol. The van der Waals surface area contributed by atoms with Crippen LogP contribution in [0.3, 0.4) is 0 Å². The zero-order chi connectivity index (χ0) is 9.52. The Bertz CT molecular complexity index is 228.